The van der Waals surface area contributed by atoms with Crippen LogP contribution in [0.1, 0.15) is 197 Å². The highest BCUT2D eigenvalue weighted by Crippen LogP contribution is 2.58. The molecule has 9 nitrogen and oxygen atoms in total. The van der Waals surface area contributed by atoms with Crippen molar-refractivity contribution in [2.24, 2.45) is 24.9 Å². The van der Waals surface area contributed by atoms with Gasteiger partial charge in [0.25, 0.3) is 11.4 Å². The smallest absolute Gasteiger partial charge is 0.277 e. The fraction of sp³-hybridized carbons (Fsp3) is 0.438. The van der Waals surface area contributed by atoms with Crippen molar-refractivity contribution < 1.29 is 32.5 Å². The molecule has 0 amide bonds. The van der Waals surface area contributed by atoms with Crippen molar-refractivity contribution in [1.29, 1.82) is 0 Å². The minimum Gasteiger partial charge on any atom is -0.493 e. The van der Waals surface area contributed by atoms with Gasteiger partial charge in [-0.15, -0.1) is 0 Å². The molecule has 5 aromatic carbocycles. The van der Waals surface area contributed by atoms with Gasteiger partial charge in [0.1, 0.15) is 37.1 Å². The van der Waals surface area contributed by atoms with Gasteiger partial charge >= 0.3 is 0 Å². The Labute approximate surface area is 591 Å². The molecule has 0 spiro atoms. The Hall–Kier alpha value is -8.30. The lowest BCUT2D eigenvalue weighted by Gasteiger charge is -2.52. The molecular formula is C89H118N6O3+4. The number of rotatable bonds is 16. The van der Waals surface area contributed by atoms with E-state index in [0.717, 1.165) is 107 Å². The number of benzene rings is 5. The summed E-state index contributed by atoms with van der Waals surface area (Å²) < 4.78 is 27.3. The fourth-order valence-electron chi connectivity index (χ4n) is 14.2. The quantitative estimate of drug-likeness (QED) is 0.0713. The number of hydrogen-bond donors (Lipinski definition) is 0. The number of ether oxygens (including phenoxy) is 3. The summed E-state index contributed by atoms with van der Waals surface area (Å²) in [6.07, 6.45) is 20.5. The molecule has 0 fully saturated rings. The van der Waals surface area contributed by atoms with Gasteiger partial charge in [-0.25, -0.2) is 9.13 Å². The summed E-state index contributed by atoms with van der Waals surface area (Å²) >= 11 is 0. The summed E-state index contributed by atoms with van der Waals surface area (Å²) in [7, 11) is 4.30. The molecule has 0 unspecified atom stereocenters. The van der Waals surface area contributed by atoms with Crippen LogP contribution in [0, 0.1) is 31.6 Å². The van der Waals surface area contributed by atoms with Crippen LogP contribution in [0.4, 0.5) is 22.7 Å². The number of unbranched alkanes of at least 4 members (excludes halogenated alkanes) is 3. The van der Waals surface area contributed by atoms with E-state index in [9.17, 15) is 0 Å². The van der Waals surface area contributed by atoms with Crippen LogP contribution in [0.5, 0.6) is 23.0 Å². The van der Waals surface area contributed by atoms with E-state index in [1.54, 1.807) is 0 Å². The second-order valence-electron chi connectivity index (χ2n) is 29.4. The lowest BCUT2D eigenvalue weighted by molar-refractivity contribution is -0.794. The molecule has 0 atom stereocenters. The van der Waals surface area contributed by atoms with Crippen LogP contribution in [-0.4, -0.2) is 26.3 Å². The summed E-state index contributed by atoms with van der Waals surface area (Å²) in [5.74, 6) is 4.00. The summed E-state index contributed by atoms with van der Waals surface area (Å²) in [5.41, 5.74) is 23.9. The van der Waals surface area contributed by atoms with Gasteiger partial charge in [0.15, 0.2) is 35.2 Å². The van der Waals surface area contributed by atoms with E-state index < -0.39 is 0 Å². The molecule has 5 aliphatic rings. The van der Waals surface area contributed by atoms with E-state index in [1.165, 1.54) is 141 Å². The normalized spacial score (nSPS) is 14.2. The molecular weight excluding hydrogens is 1200 g/mol. The fourth-order valence-corrected chi connectivity index (χ4v) is 14.2. The minimum atomic E-state index is 0.310. The Balaban J connectivity index is 0.000000151. The van der Waals surface area contributed by atoms with Gasteiger partial charge < -0.3 is 24.0 Å². The topological polar surface area (TPSA) is 49.7 Å². The van der Waals surface area contributed by atoms with E-state index in [2.05, 4.69) is 315 Å². The number of fused-ring (bicyclic) bond motifs is 8. The Bertz CT molecular complexity index is 3860. The van der Waals surface area contributed by atoms with Gasteiger partial charge in [-0.3, -0.25) is 0 Å². The molecule has 9 heteroatoms. The maximum atomic E-state index is 6.32. The first kappa shape index (κ1) is 73.9. The molecule has 4 aromatic heterocycles. The number of anilines is 4. The third-order valence-corrected chi connectivity index (χ3v) is 19.4. The molecule has 0 saturated carbocycles. The third-order valence-electron chi connectivity index (χ3n) is 19.4. The molecule has 0 N–H and O–H groups in total. The average molecular weight is 1320 g/mol. The maximum absolute atomic E-state index is 6.32. The zero-order valence-electron chi connectivity index (χ0n) is 62.9. The molecule has 98 heavy (non-hydrogen) atoms. The molecule has 0 saturated heterocycles. The van der Waals surface area contributed by atoms with Gasteiger partial charge in [-0.05, 0) is 120 Å². The van der Waals surface area contributed by atoms with Crippen molar-refractivity contribution >= 4 is 22.7 Å². The van der Waals surface area contributed by atoms with Crippen LogP contribution in [0.15, 0.2) is 176 Å². The SMILES string of the molecule is CC1(C)Cc2ccc3c4c2N(C1)c1ccccc1N4CC(C)(C)C3.CCC.CCC.CCCCOc1ccc2c(c1)Oc1cc(OCCCC)ccc1C2CCCC.Cc1cc(-c2cc(C)[n+](C)c(CCCc3ccccc3)c2)cc(C)[n+]1C.c1cc[n+]2c(c1)-c1cccc[n+]1CC2. The number of para-hydroxylation sites is 2. The lowest BCUT2D eigenvalue weighted by Crippen LogP contribution is -2.52. The van der Waals surface area contributed by atoms with Crippen molar-refractivity contribution in [2.75, 3.05) is 36.1 Å². The standard InChI is InChI=1S/C25H34O3.C24H30N2.C22H26N2.C12H12N2.2C3H8/c1-4-7-10-21-22-13-11-19(26-15-8-5-2)17-24(22)28-25-18-20(12-14-23(21)25)27-16-9-6-3;1-18-14-22(15-19(2)25(18)4)23-16-20(3)26(5)24(17-23)13-9-12-21-10-7-6-8-11-21;1-21(2)11-15-9-10-16-12-22(3,4)14-24-18-8-6-5-7-17(18)23(13-21)19(15)20(16)24;1-3-7-13-9-10-14-8-4-2-6-12(14)11(13)5-1;2*1-3-2/h11-14,17-18,21H,4-10,15-16H2,1-3H3;6-8,10-11,14-17H,9,12-13H2,1-5H3;5-10H,11-14H2,1-4H3;1-8H,9-10H2;2*3H2,1-2H3/q;+2;;+2;;. The van der Waals surface area contributed by atoms with Gasteiger partial charge in [0.05, 0.1) is 36.0 Å². The minimum absolute atomic E-state index is 0.310. The van der Waals surface area contributed by atoms with Gasteiger partial charge in [0.2, 0.25) is 13.1 Å². The molecule has 14 rings (SSSR count). The largest absolute Gasteiger partial charge is 0.493 e. The second-order valence-corrected chi connectivity index (χ2v) is 29.4. The van der Waals surface area contributed by atoms with E-state index in [0.29, 0.717) is 16.7 Å². The van der Waals surface area contributed by atoms with Crippen molar-refractivity contribution in [1.82, 2.24) is 0 Å². The summed E-state index contributed by atoms with van der Waals surface area (Å²) in [5, 5.41) is 0. The Morgan fingerprint density at radius 3 is 1.38 bits per heavy atom. The van der Waals surface area contributed by atoms with Gasteiger partial charge in [0, 0.05) is 118 Å². The Morgan fingerprint density at radius 2 is 0.908 bits per heavy atom. The molecule has 518 valence electrons. The maximum Gasteiger partial charge on any atom is 0.277 e. The van der Waals surface area contributed by atoms with Crippen molar-refractivity contribution in [3.05, 3.63) is 227 Å². The highest BCUT2D eigenvalue weighted by molar-refractivity contribution is 5.97. The number of aromatic nitrogens is 4. The van der Waals surface area contributed by atoms with Crippen molar-refractivity contribution in [3.63, 3.8) is 0 Å². The van der Waals surface area contributed by atoms with E-state index in [-0.39, 0.29) is 0 Å². The highest BCUT2D eigenvalue weighted by atomic mass is 16.5. The first-order valence-electron chi connectivity index (χ1n) is 37.3. The first-order chi connectivity index (χ1) is 47.3. The van der Waals surface area contributed by atoms with E-state index >= 15 is 0 Å². The van der Waals surface area contributed by atoms with E-state index in [1.807, 2.05) is 0 Å². The van der Waals surface area contributed by atoms with Crippen LogP contribution in [0.25, 0.3) is 22.5 Å². The molecule has 9 aromatic rings. The first-order valence-corrected chi connectivity index (χ1v) is 37.3. The van der Waals surface area contributed by atoms with Gasteiger partial charge in [-0.1, -0.05) is 181 Å². The van der Waals surface area contributed by atoms with Crippen molar-refractivity contribution in [2.45, 2.75) is 206 Å². The monoisotopic (exact) mass is 1320 g/mol. The molecule has 9 heterocycles. The van der Waals surface area contributed by atoms with Gasteiger partial charge in [-0.2, -0.15) is 9.13 Å². The Kier molecular flexibility index (Phi) is 26.4. The summed E-state index contributed by atoms with van der Waals surface area (Å²) in [6, 6.07) is 59.1. The Morgan fingerprint density at radius 1 is 0.469 bits per heavy atom. The number of pyridine rings is 4. The molecule has 0 radical (unpaired) electrons. The van der Waals surface area contributed by atoms with Crippen LogP contribution in [-0.2, 0) is 52.9 Å². The van der Waals surface area contributed by atoms with Crippen LogP contribution >= 0.6 is 0 Å². The van der Waals surface area contributed by atoms with Crippen LogP contribution < -0.4 is 42.3 Å². The van der Waals surface area contributed by atoms with Crippen LogP contribution in [0.2, 0.25) is 0 Å². The van der Waals surface area contributed by atoms with Crippen molar-refractivity contribution in [3.8, 4) is 45.5 Å². The zero-order chi connectivity index (χ0) is 69.9. The van der Waals surface area contributed by atoms with E-state index in [4.69, 9.17) is 14.2 Å². The third kappa shape index (κ3) is 18.5. The molecule has 5 aliphatic heterocycles. The lowest BCUT2D eigenvalue weighted by atomic mass is 9.75. The zero-order valence-corrected chi connectivity index (χ0v) is 62.9. The second kappa shape index (κ2) is 35.0. The summed E-state index contributed by atoms with van der Waals surface area (Å²) in [6.45, 7) is 37.1. The predicted molar refractivity (Wildman–Crippen MR) is 408 cm³/mol. The number of hydrogen-bond acceptors (Lipinski definition) is 5. The average Bonchev–Trinajstić information content (AvgIpc) is 0.710. The number of nitrogens with zero attached hydrogens (tertiary/aromatic N) is 6. The van der Waals surface area contributed by atoms with Crippen LogP contribution in [0.3, 0.4) is 0 Å². The predicted octanol–water partition coefficient (Wildman–Crippen LogP) is 20.8. The summed E-state index contributed by atoms with van der Waals surface area (Å²) in [4.78, 5) is 5.20. The highest BCUT2D eigenvalue weighted by Gasteiger charge is 2.43. The number of aryl methyl sites for hydroxylation is 7. The molecule has 0 bridgehead atoms. The molecule has 0 aliphatic carbocycles.